The Balaban J connectivity index is 1.26. The summed E-state index contributed by atoms with van der Waals surface area (Å²) in [4.78, 5) is 24.5. The van der Waals surface area contributed by atoms with Crippen LogP contribution < -0.4 is 14.8 Å². The second kappa shape index (κ2) is 11.7. The molecule has 0 unspecified atom stereocenters. The van der Waals surface area contributed by atoms with Gasteiger partial charge in [-0.3, -0.25) is 4.79 Å². The van der Waals surface area contributed by atoms with Crippen molar-refractivity contribution >= 4 is 35.2 Å². The smallest absolute Gasteiger partial charge is 0.336 e. The highest BCUT2D eigenvalue weighted by Gasteiger charge is 2.08. The van der Waals surface area contributed by atoms with Crippen molar-refractivity contribution in [2.45, 2.75) is 6.61 Å². The van der Waals surface area contributed by atoms with Crippen LogP contribution in [0.2, 0.25) is 5.02 Å². The molecule has 35 heavy (non-hydrogen) atoms. The summed E-state index contributed by atoms with van der Waals surface area (Å²) < 4.78 is 11.1. The highest BCUT2D eigenvalue weighted by Crippen LogP contribution is 2.18. The Hall–Kier alpha value is -4.35. The van der Waals surface area contributed by atoms with Crippen molar-refractivity contribution in [3.63, 3.8) is 0 Å². The lowest BCUT2D eigenvalue weighted by atomic mass is 10.2. The summed E-state index contributed by atoms with van der Waals surface area (Å²) in [5.41, 5.74) is 3.00. The van der Waals surface area contributed by atoms with Crippen molar-refractivity contribution in [3.8, 4) is 11.5 Å². The summed E-state index contributed by atoms with van der Waals surface area (Å²) in [6, 6.07) is 30.5. The van der Waals surface area contributed by atoms with Crippen molar-refractivity contribution in [3.05, 3.63) is 131 Å². The second-order valence-corrected chi connectivity index (χ2v) is 8.02. The summed E-state index contributed by atoms with van der Waals surface area (Å²) in [5, 5.41) is 3.37. The largest absolute Gasteiger partial charge is 0.489 e. The third kappa shape index (κ3) is 7.32. The first-order chi connectivity index (χ1) is 17.0. The van der Waals surface area contributed by atoms with Crippen molar-refractivity contribution in [1.82, 2.24) is 0 Å². The van der Waals surface area contributed by atoms with Crippen LogP contribution in [-0.2, 0) is 11.4 Å². The topological polar surface area (TPSA) is 64.6 Å². The first kappa shape index (κ1) is 23.8. The van der Waals surface area contributed by atoms with Gasteiger partial charge < -0.3 is 14.8 Å². The molecule has 4 rings (SSSR count). The van der Waals surface area contributed by atoms with Crippen molar-refractivity contribution in [1.29, 1.82) is 0 Å². The fourth-order valence-electron chi connectivity index (χ4n) is 3.14. The number of carbonyl (C=O) groups is 2. The van der Waals surface area contributed by atoms with Crippen molar-refractivity contribution in [2.75, 3.05) is 5.32 Å². The van der Waals surface area contributed by atoms with Crippen molar-refractivity contribution in [2.24, 2.45) is 0 Å². The minimum atomic E-state index is -0.521. The zero-order valence-electron chi connectivity index (χ0n) is 18.7. The lowest BCUT2D eigenvalue weighted by molar-refractivity contribution is -0.128. The van der Waals surface area contributed by atoms with Crippen LogP contribution in [0.3, 0.4) is 0 Å². The van der Waals surface area contributed by atoms with Gasteiger partial charge in [0.1, 0.15) is 18.1 Å². The van der Waals surface area contributed by atoms with E-state index in [-0.39, 0.29) is 5.91 Å². The molecule has 174 valence electrons. The summed E-state index contributed by atoms with van der Waals surface area (Å²) in [5.74, 6) is 0.287. The molecule has 1 amide bonds. The molecule has 0 aliphatic carbocycles. The van der Waals surface area contributed by atoms with E-state index in [2.05, 4.69) is 5.32 Å². The third-order valence-corrected chi connectivity index (χ3v) is 5.23. The predicted octanol–water partition coefficient (Wildman–Crippen LogP) is 6.79. The number of esters is 1. The number of anilines is 1. The number of carbonyl (C=O) groups excluding carboxylic acids is 2. The molecule has 0 atom stereocenters. The normalized spacial score (nSPS) is 10.7. The maximum absolute atomic E-state index is 12.4. The third-order valence-electron chi connectivity index (χ3n) is 4.98. The number of rotatable bonds is 8. The predicted molar refractivity (Wildman–Crippen MR) is 138 cm³/mol. The molecule has 4 aromatic carbocycles. The highest BCUT2D eigenvalue weighted by molar-refractivity contribution is 6.30. The van der Waals surface area contributed by atoms with Gasteiger partial charge in [-0.05, 0) is 77.9 Å². The number of halogens is 1. The Kier molecular flexibility index (Phi) is 7.94. The van der Waals surface area contributed by atoms with Gasteiger partial charge in [0.05, 0.1) is 0 Å². The van der Waals surface area contributed by atoms with E-state index >= 15 is 0 Å². The number of hydrogen-bond donors (Lipinski definition) is 1. The molecule has 0 aromatic heterocycles. The summed E-state index contributed by atoms with van der Waals surface area (Å²) in [7, 11) is 0. The van der Waals surface area contributed by atoms with Gasteiger partial charge in [0.25, 0.3) is 5.91 Å². The van der Waals surface area contributed by atoms with Crippen LogP contribution in [0.5, 0.6) is 11.5 Å². The van der Waals surface area contributed by atoms with Gasteiger partial charge in [0.2, 0.25) is 0 Å². The monoisotopic (exact) mass is 483 g/mol. The Labute approximate surface area is 208 Å². The van der Waals surface area contributed by atoms with E-state index < -0.39 is 5.97 Å². The highest BCUT2D eigenvalue weighted by atomic mass is 35.5. The molecule has 0 saturated heterocycles. The Morgan fingerprint density at radius 1 is 0.771 bits per heavy atom. The lowest BCUT2D eigenvalue weighted by Gasteiger charge is -2.07. The summed E-state index contributed by atoms with van der Waals surface area (Å²) in [6.45, 7) is 0.490. The quantitative estimate of drug-likeness (QED) is 0.170. The van der Waals surface area contributed by atoms with Gasteiger partial charge in [-0.15, -0.1) is 0 Å². The fraction of sp³-hybridized carbons (Fsp3) is 0.0345. The van der Waals surface area contributed by atoms with Gasteiger partial charge in [-0.2, -0.15) is 0 Å². The second-order valence-electron chi connectivity index (χ2n) is 7.58. The Morgan fingerprint density at radius 3 is 2.11 bits per heavy atom. The van der Waals surface area contributed by atoms with E-state index in [1.807, 2.05) is 54.6 Å². The number of ether oxygens (including phenoxy) is 2. The Morgan fingerprint density at radius 2 is 1.43 bits per heavy atom. The van der Waals surface area contributed by atoms with E-state index in [4.69, 9.17) is 21.1 Å². The molecule has 0 heterocycles. The van der Waals surface area contributed by atoms with Crippen LogP contribution in [0.1, 0.15) is 21.5 Å². The van der Waals surface area contributed by atoms with E-state index in [0.29, 0.717) is 28.6 Å². The van der Waals surface area contributed by atoms with Gasteiger partial charge in [-0.25, -0.2) is 4.79 Å². The van der Waals surface area contributed by atoms with E-state index in [1.165, 1.54) is 6.08 Å². The molecule has 6 heteroatoms. The van der Waals surface area contributed by atoms with E-state index in [9.17, 15) is 9.59 Å². The number of hydrogen-bond acceptors (Lipinski definition) is 4. The van der Waals surface area contributed by atoms with Crippen LogP contribution in [0, 0.1) is 0 Å². The minimum Gasteiger partial charge on any atom is -0.489 e. The van der Waals surface area contributed by atoms with E-state index in [1.54, 1.807) is 54.6 Å². The molecule has 1 N–H and O–H groups in total. The van der Waals surface area contributed by atoms with Gasteiger partial charge in [0.15, 0.2) is 0 Å². The molecule has 0 saturated carbocycles. The van der Waals surface area contributed by atoms with Crippen LogP contribution in [0.4, 0.5) is 5.69 Å². The maximum atomic E-state index is 12.4. The molecule has 0 fully saturated rings. The van der Waals surface area contributed by atoms with Crippen LogP contribution in [-0.4, -0.2) is 11.9 Å². The molecule has 0 bridgehead atoms. The zero-order valence-corrected chi connectivity index (χ0v) is 19.4. The SMILES string of the molecule is O=C(/C=C/c1ccc(OCc2ccccc2)cc1)Oc1ccc(C(=O)Nc2ccc(Cl)cc2)cc1. The Bertz CT molecular complexity index is 1300. The number of benzene rings is 4. The molecular weight excluding hydrogens is 462 g/mol. The molecule has 0 aliphatic rings. The molecule has 4 aromatic rings. The average molecular weight is 484 g/mol. The number of nitrogens with one attached hydrogen (secondary N) is 1. The molecular formula is C29H22ClNO4. The minimum absolute atomic E-state index is 0.277. The standard InChI is InChI=1S/C29H22ClNO4/c30-24-11-13-25(14-12-24)31-29(33)23-9-17-27(18-10-23)35-28(32)19-8-21-6-15-26(16-7-21)34-20-22-4-2-1-3-5-22/h1-19H,20H2,(H,31,33)/b19-8+. The molecule has 5 nitrogen and oxygen atoms in total. The first-order valence-electron chi connectivity index (χ1n) is 10.9. The van der Waals surface area contributed by atoms with Gasteiger partial charge in [0, 0.05) is 22.3 Å². The lowest BCUT2D eigenvalue weighted by Crippen LogP contribution is -2.11. The first-order valence-corrected chi connectivity index (χ1v) is 11.3. The molecule has 0 aliphatic heterocycles. The zero-order chi connectivity index (χ0) is 24.5. The van der Waals surface area contributed by atoms with Crippen LogP contribution in [0.15, 0.2) is 109 Å². The molecule has 0 spiro atoms. The van der Waals surface area contributed by atoms with Crippen LogP contribution in [0.25, 0.3) is 6.08 Å². The summed E-state index contributed by atoms with van der Waals surface area (Å²) in [6.07, 6.45) is 3.01. The average Bonchev–Trinajstić information content (AvgIpc) is 2.89. The van der Waals surface area contributed by atoms with E-state index in [0.717, 1.165) is 16.9 Å². The van der Waals surface area contributed by atoms with Crippen molar-refractivity contribution < 1.29 is 19.1 Å². The number of amides is 1. The van der Waals surface area contributed by atoms with Gasteiger partial charge >= 0.3 is 5.97 Å². The van der Waals surface area contributed by atoms with Gasteiger partial charge in [-0.1, -0.05) is 54.1 Å². The maximum Gasteiger partial charge on any atom is 0.336 e. The van der Waals surface area contributed by atoms with Crippen LogP contribution >= 0.6 is 11.6 Å². The fourth-order valence-corrected chi connectivity index (χ4v) is 3.27. The molecule has 0 radical (unpaired) electrons. The summed E-state index contributed by atoms with van der Waals surface area (Å²) >= 11 is 5.85.